The van der Waals surface area contributed by atoms with Gasteiger partial charge < -0.3 is 15.2 Å². The second-order valence-corrected chi connectivity index (χ2v) is 6.22. The van der Waals surface area contributed by atoms with E-state index in [-0.39, 0.29) is 24.0 Å². The molecule has 1 aromatic carbocycles. The maximum absolute atomic E-state index is 4.83. The number of para-hydroxylation sites is 1. The van der Waals surface area contributed by atoms with Crippen molar-refractivity contribution in [3.8, 4) is 0 Å². The van der Waals surface area contributed by atoms with Gasteiger partial charge in [0.25, 0.3) is 0 Å². The van der Waals surface area contributed by atoms with Crippen LogP contribution in [0.25, 0.3) is 10.9 Å². The molecule has 5 heteroatoms. The number of likely N-dealkylation sites (tertiary alicyclic amines) is 1. The van der Waals surface area contributed by atoms with Crippen molar-refractivity contribution in [1.82, 2.24) is 15.2 Å². The number of piperidine rings is 1. The number of hydrogen-bond acceptors (Lipinski definition) is 1. The monoisotopic (exact) mass is 426 g/mol. The molecular formula is C18H27IN4. The van der Waals surface area contributed by atoms with E-state index in [9.17, 15) is 0 Å². The molecular weight excluding hydrogens is 399 g/mol. The summed E-state index contributed by atoms with van der Waals surface area (Å²) in [6.45, 7) is 8.30. The average Bonchev–Trinajstić information content (AvgIpc) is 2.95. The first-order chi connectivity index (χ1) is 10.8. The molecule has 23 heavy (non-hydrogen) atoms. The van der Waals surface area contributed by atoms with E-state index in [1.807, 2.05) is 0 Å². The number of H-pyrrole nitrogens is 1. The number of fused-ring (bicyclic) bond motifs is 1. The third-order valence-electron chi connectivity index (χ3n) is 4.40. The Bertz CT molecular complexity index is 608. The van der Waals surface area contributed by atoms with Gasteiger partial charge in [0.05, 0.1) is 6.54 Å². The Morgan fingerprint density at radius 2 is 2.04 bits per heavy atom. The van der Waals surface area contributed by atoms with E-state index in [4.69, 9.17) is 4.99 Å². The van der Waals surface area contributed by atoms with Crippen LogP contribution in [0.5, 0.6) is 0 Å². The van der Waals surface area contributed by atoms with Crippen molar-refractivity contribution >= 4 is 40.8 Å². The highest BCUT2D eigenvalue weighted by molar-refractivity contribution is 14.0. The van der Waals surface area contributed by atoms with Gasteiger partial charge in [0, 0.05) is 30.8 Å². The highest BCUT2D eigenvalue weighted by Crippen LogP contribution is 2.17. The highest BCUT2D eigenvalue weighted by atomic mass is 127. The van der Waals surface area contributed by atoms with E-state index in [1.54, 1.807) is 0 Å². The second kappa shape index (κ2) is 8.57. The molecule has 0 radical (unpaired) electrons. The number of benzene rings is 1. The van der Waals surface area contributed by atoms with E-state index in [0.717, 1.165) is 31.5 Å². The van der Waals surface area contributed by atoms with Crippen LogP contribution in [0.4, 0.5) is 0 Å². The number of halogens is 1. The first kappa shape index (κ1) is 18.1. The number of aromatic amines is 1. The number of nitrogens with one attached hydrogen (secondary N) is 2. The molecule has 0 atom stereocenters. The minimum absolute atomic E-state index is 0. The van der Waals surface area contributed by atoms with Gasteiger partial charge >= 0.3 is 0 Å². The fraction of sp³-hybridized carbons (Fsp3) is 0.500. The Morgan fingerprint density at radius 3 is 2.74 bits per heavy atom. The Morgan fingerprint density at radius 1 is 1.30 bits per heavy atom. The van der Waals surface area contributed by atoms with Crippen molar-refractivity contribution in [2.24, 2.45) is 10.9 Å². The summed E-state index contributed by atoms with van der Waals surface area (Å²) in [5.41, 5.74) is 2.35. The summed E-state index contributed by atoms with van der Waals surface area (Å²) in [6.07, 6.45) is 2.52. The van der Waals surface area contributed by atoms with E-state index in [2.05, 4.69) is 59.4 Å². The molecule has 2 aromatic rings. The maximum Gasteiger partial charge on any atom is 0.194 e. The van der Waals surface area contributed by atoms with Gasteiger partial charge in [0.15, 0.2) is 5.96 Å². The zero-order valence-electron chi connectivity index (χ0n) is 14.0. The molecule has 1 fully saturated rings. The van der Waals surface area contributed by atoms with Crippen LogP contribution in [-0.4, -0.2) is 35.5 Å². The number of aromatic nitrogens is 1. The van der Waals surface area contributed by atoms with Crippen LogP contribution in [0, 0.1) is 5.92 Å². The number of nitrogens with zero attached hydrogens (tertiary/aromatic N) is 2. The lowest BCUT2D eigenvalue weighted by Crippen LogP contribution is -2.45. The molecule has 2 heterocycles. The van der Waals surface area contributed by atoms with Crippen molar-refractivity contribution in [2.45, 2.75) is 33.2 Å². The fourth-order valence-electron chi connectivity index (χ4n) is 3.02. The average molecular weight is 426 g/mol. The van der Waals surface area contributed by atoms with Crippen LogP contribution in [0.1, 0.15) is 32.4 Å². The maximum atomic E-state index is 4.83. The normalized spacial score (nSPS) is 16.4. The third-order valence-corrected chi connectivity index (χ3v) is 4.40. The van der Waals surface area contributed by atoms with Gasteiger partial charge in [-0.1, -0.05) is 25.1 Å². The SMILES string of the molecule is CCNC(=NCc1cc2ccccc2[nH]1)N1CCC(C)CC1.I. The van der Waals surface area contributed by atoms with Crippen LogP contribution >= 0.6 is 24.0 Å². The Hall–Kier alpha value is -1.24. The first-order valence-corrected chi connectivity index (χ1v) is 8.36. The molecule has 1 aliphatic heterocycles. The molecule has 0 unspecified atom stereocenters. The lowest BCUT2D eigenvalue weighted by atomic mass is 10.00. The molecule has 3 rings (SSSR count). The molecule has 2 N–H and O–H groups in total. The van der Waals surface area contributed by atoms with E-state index < -0.39 is 0 Å². The molecule has 1 aromatic heterocycles. The van der Waals surface area contributed by atoms with Crippen molar-refractivity contribution in [2.75, 3.05) is 19.6 Å². The molecule has 1 aliphatic rings. The zero-order valence-corrected chi connectivity index (χ0v) is 16.3. The minimum atomic E-state index is 0. The van der Waals surface area contributed by atoms with Crippen molar-refractivity contribution in [1.29, 1.82) is 0 Å². The number of rotatable bonds is 3. The van der Waals surface area contributed by atoms with Crippen LogP contribution in [0.2, 0.25) is 0 Å². The van der Waals surface area contributed by atoms with Gasteiger partial charge in [0.2, 0.25) is 0 Å². The predicted molar refractivity (Wildman–Crippen MR) is 109 cm³/mol. The summed E-state index contributed by atoms with van der Waals surface area (Å²) < 4.78 is 0. The van der Waals surface area contributed by atoms with Crippen LogP contribution in [0.3, 0.4) is 0 Å². The summed E-state index contributed by atoms with van der Waals surface area (Å²) >= 11 is 0. The van der Waals surface area contributed by atoms with Gasteiger partial charge in [0.1, 0.15) is 0 Å². The van der Waals surface area contributed by atoms with Gasteiger partial charge in [-0.15, -0.1) is 24.0 Å². The van der Waals surface area contributed by atoms with Crippen LogP contribution in [0.15, 0.2) is 35.3 Å². The summed E-state index contributed by atoms with van der Waals surface area (Å²) in [5, 5.41) is 4.69. The lowest BCUT2D eigenvalue weighted by molar-refractivity contribution is 0.273. The molecule has 0 bridgehead atoms. The second-order valence-electron chi connectivity index (χ2n) is 6.22. The van der Waals surface area contributed by atoms with Gasteiger partial charge in [-0.2, -0.15) is 0 Å². The van der Waals surface area contributed by atoms with E-state index in [0.29, 0.717) is 6.54 Å². The van der Waals surface area contributed by atoms with E-state index >= 15 is 0 Å². The van der Waals surface area contributed by atoms with Crippen molar-refractivity contribution in [3.05, 3.63) is 36.0 Å². The Kier molecular flexibility index (Phi) is 6.74. The fourth-order valence-corrected chi connectivity index (χ4v) is 3.02. The standard InChI is InChI=1S/C18H26N4.HI/c1-3-19-18(22-10-8-14(2)9-11-22)20-13-16-12-15-6-4-5-7-17(15)21-16;/h4-7,12,14,21H,3,8-11,13H2,1-2H3,(H,19,20);1H. The number of guanidine groups is 1. The molecule has 1 saturated heterocycles. The quantitative estimate of drug-likeness (QED) is 0.443. The predicted octanol–water partition coefficient (Wildman–Crippen LogP) is 3.98. The summed E-state index contributed by atoms with van der Waals surface area (Å²) in [4.78, 5) is 10.7. The third kappa shape index (κ3) is 4.62. The smallest absolute Gasteiger partial charge is 0.194 e. The molecule has 0 spiro atoms. The van der Waals surface area contributed by atoms with Gasteiger partial charge in [-0.25, -0.2) is 4.99 Å². The number of hydrogen-bond donors (Lipinski definition) is 2. The Balaban J connectivity index is 0.00000192. The van der Waals surface area contributed by atoms with Crippen molar-refractivity contribution in [3.63, 3.8) is 0 Å². The zero-order chi connectivity index (χ0) is 15.4. The minimum Gasteiger partial charge on any atom is -0.357 e. The highest BCUT2D eigenvalue weighted by Gasteiger charge is 2.18. The van der Waals surface area contributed by atoms with Gasteiger partial charge in [-0.05, 0) is 43.2 Å². The van der Waals surface area contributed by atoms with Crippen molar-refractivity contribution < 1.29 is 0 Å². The Labute approximate surface area is 155 Å². The van der Waals surface area contributed by atoms with Crippen LogP contribution < -0.4 is 5.32 Å². The summed E-state index contributed by atoms with van der Waals surface area (Å²) in [6, 6.07) is 10.6. The lowest BCUT2D eigenvalue weighted by Gasteiger charge is -2.32. The van der Waals surface area contributed by atoms with Gasteiger partial charge in [-0.3, -0.25) is 0 Å². The summed E-state index contributed by atoms with van der Waals surface area (Å²) in [5.74, 6) is 1.89. The van der Waals surface area contributed by atoms with Crippen LogP contribution in [-0.2, 0) is 6.54 Å². The molecule has 0 aliphatic carbocycles. The molecule has 0 saturated carbocycles. The van der Waals surface area contributed by atoms with E-state index in [1.165, 1.54) is 29.4 Å². The topological polar surface area (TPSA) is 43.4 Å². The molecule has 126 valence electrons. The number of aliphatic imine (C=N–C) groups is 1. The molecule has 4 nitrogen and oxygen atoms in total. The largest absolute Gasteiger partial charge is 0.357 e. The summed E-state index contributed by atoms with van der Waals surface area (Å²) in [7, 11) is 0. The first-order valence-electron chi connectivity index (χ1n) is 8.36. The molecule has 0 amide bonds.